The van der Waals surface area contributed by atoms with E-state index < -0.39 is 0 Å². The predicted octanol–water partition coefficient (Wildman–Crippen LogP) is 3.42. The molecule has 2 N–H and O–H groups in total. The van der Waals surface area contributed by atoms with E-state index in [2.05, 4.69) is 33.6 Å². The van der Waals surface area contributed by atoms with Crippen molar-refractivity contribution in [3.8, 4) is 6.07 Å². The van der Waals surface area contributed by atoms with E-state index >= 15 is 0 Å². The number of benzene rings is 1. The van der Waals surface area contributed by atoms with Gasteiger partial charge in [-0.15, -0.1) is 0 Å². The van der Waals surface area contributed by atoms with Crippen molar-refractivity contribution in [3.05, 3.63) is 41.6 Å². The molecule has 1 aromatic heterocycles. The molecule has 1 heterocycles. The summed E-state index contributed by atoms with van der Waals surface area (Å²) in [6, 6.07) is 9.93. The Kier molecular flexibility index (Phi) is 5.10. The third-order valence-electron chi connectivity index (χ3n) is 3.00. The topological polar surface area (TPSA) is 73.6 Å². The number of nitriles is 1. The van der Waals surface area contributed by atoms with Gasteiger partial charge >= 0.3 is 0 Å². The Hall–Kier alpha value is -2.61. The van der Waals surface area contributed by atoms with Gasteiger partial charge in [0.25, 0.3) is 0 Å². The summed E-state index contributed by atoms with van der Waals surface area (Å²) in [5, 5.41) is 15.1. The van der Waals surface area contributed by atoms with Gasteiger partial charge in [-0.2, -0.15) is 10.2 Å². The van der Waals surface area contributed by atoms with Gasteiger partial charge in [-0.3, -0.25) is 0 Å². The molecule has 5 nitrogen and oxygen atoms in total. The van der Waals surface area contributed by atoms with Gasteiger partial charge in [0.2, 0.25) is 5.95 Å². The highest BCUT2D eigenvalue weighted by atomic mass is 15.1. The molecule has 1 aromatic carbocycles. The molecule has 0 bridgehead atoms. The number of anilines is 3. The van der Waals surface area contributed by atoms with Crippen LogP contribution in [0, 0.1) is 18.3 Å². The van der Waals surface area contributed by atoms with Crippen LogP contribution in [0.15, 0.2) is 30.5 Å². The lowest BCUT2D eigenvalue weighted by Crippen LogP contribution is -2.06. The molecule has 0 aliphatic heterocycles. The van der Waals surface area contributed by atoms with E-state index in [1.807, 2.05) is 31.2 Å². The Balaban J connectivity index is 2.12. The van der Waals surface area contributed by atoms with E-state index in [1.54, 1.807) is 6.20 Å². The van der Waals surface area contributed by atoms with Crippen LogP contribution >= 0.6 is 0 Å². The third-order valence-corrected chi connectivity index (χ3v) is 3.00. The largest absolute Gasteiger partial charge is 0.354 e. The van der Waals surface area contributed by atoms with E-state index in [0.29, 0.717) is 12.4 Å². The highest BCUT2D eigenvalue weighted by Gasteiger charge is 2.04. The molecule has 5 heteroatoms. The Morgan fingerprint density at radius 3 is 2.67 bits per heavy atom. The Bertz CT molecular complexity index is 628. The minimum absolute atomic E-state index is 0.428. The number of nitrogens with one attached hydrogen (secondary N) is 2. The highest BCUT2D eigenvalue weighted by Crippen LogP contribution is 2.19. The second-order valence-electron chi connectivity index (χ2n) is 4.81. The van der Waals surface area contributed by atoms with Crippen molar-refractivity contribution in [2.45, 2.75) is 26.7 Å². The fourth-order valence-corrected chi connectivity index (χ4v) is 1.82. The number of aryl methyl sites for hydroxylation is 1. The summed E-state index contributed by atoms with van der Waals surface area (Å²) in [5.74, 6) is 1.42. The Morgan fingerprint density at radius 2 is 2.00 bits per heavy atom. The van der Waals surface area contributed by atoms with E-state index in [9.17, 15) is 0 Å². The zero-order valence-corrected chi connectivity index (χ0v) is 12.3. The van der Waals surface area contributed by atoms with Crippen molar-refractivity contribution in [1.82, 2.24) is 9.97 Å². The monoisotopic (exact) mass is 281 g/mol. The maximum atomic E-state index is 8.67. The predicted molar refractivity (Wildman–Crippen MR) is 84.6 cm³/mol. The van der Waals surface area contributed by atoms with Crippen LogP contribution in [0.4, 0.5) is 17.5 Å². The van der Waals surface area contributed by atoms with Crippen LogP contribution in [0.25, 0.3) is 0 Å². The normalized spacial score (nSPS) is 9.95. The molecule has 0 saturated carbocycles. The molecule has 0 atom stereocenters. The van der Waals surface area contributed by atoms with Gasteiger partial charge in [0.15, 0.2) is 0 Å². The first-order valence-corrected chi connectivity index (χ1v) is 7.03. The molecule has 0 saturated heterocycles. The van der Waals surface area contributed by atoms with Crippen molar-refractivity contribution in [1.29, 1.82) is 5.26 Å². The summed E-state index contributed by atoms with van der Waals surface area (Å²) < 4.78 is 0. The fourth-order valence-electron chi connectivity index (χ4n) is 1.82. The first kappa shape index (κ1) is 14.8. The van der Waals surface area contributed by atoms with Gasteiger partial charge in [-0.05, 0) is 31.0 Å². The minimum atomic E-state index is 0.428. The number of nitrogens with zero attached hydrogens (tertiary/aromatic N) is 3. The van der Waals surface area contributed by atoms with Gasteiger partial charge < -0.3 is 10.6 Å². The molecule has 0 unspecified atom stereocenters. The zero-order valence-electron chi connectivity index (χ0n) is 12.3. The summed E-state index contributed by atoms with van der Waals surface area (Å²) in [6.45, 7) is 4.92. The Morgan fingerprint density at radius 1 is 1.24 bits per heavy atom. The molecule has 0 aliphatic rings. The number of hydrogen-bond acceptors (Lipinski definition) is 5. The van der Waals surface area contributed by atoms with Gasteiger partial charge in [-0.25, -0.2) is 4.98 Å². The van der Waals surface area contributed by atoms with Crippen LogP contribution in [-0.2, 0) is 6.42 Å². The quantitative estimate of drug-likeness (QED) is 0.848. The average molecular weight is 281 g/mol. The number of aromatic nitrogens is 2. The average Bonchev–Trinajstić information content (AvgIpc) is 2.50. The highest BCUT2D eigenvalue weighted by molar-refractivity contribution is 5.60. The van der Waals surface area contributed by atoms with Crippen molar-refractivity contribution in [3.63, 3.8) is 0 Å². The summed E-state index contributed by atoms with van der Waals surface area (Å²) in [7, 11) is 0. The van der Waals surface area contributed by atoms with E-state index in [4.69, 9.17) is 5.26 Å². The molecule has 2 aromatic rings. The molecule has 21 heavy (non-hydrogen) atoms. The number of rotatable bonds is 6. The summed E-state index contributed by atoms with van der Waals surface area (Å²) in [4.78, 5) is 8.74. The van der Waals surface area contributed by atoms with Crippen LogP contribution in [-0.4, -0.2) is 16.5 Å². The van der Waals surface area contributed by atoms with Crippen LogP contribution in [0.2, 0.25) is 0 Å². The lowest BCUT2D eigenvalue weighted by molar-refractivity contribution is 0.950. The molecule has 0 radical (unpaired) electrons. The maximum Gasteiger partial charge on any atom is 0.224 e. The van der Waals surface area contributed by atoms with Crippen molar-refractivity contribution in [2.75, 3.05) is 17.2 Å². The summed E-state index contributed by atoms with van der Waals surface area (Å²) in [6.07, 6.45) is 3.26. The van der Waals surface area contributed by atoms with E-state index in [-0.39, 0.29) is 0 Å². The molecule has 2 rings (SSSR count). The standard InChI is InChI=1S/C16H19N5/c1-3-10-18-16-19-11-12(2)15(21-16)20-14-6-4-13(5-7-14)8-9-17/h4-7,11H,3,8,10H2,1-2H3,(H2,18,19,20,21). The van der Waals surface area contributed by atoms with Gasteiger partial charge in [0.1, 0.15) is 5.82 Å². The fraction of sp³-hybridized carbons (Fsp3) is 0.312. The van der Waals surface area contributed by atoms with Crippen LogP contribution in [0.5, 0.6) is 0 Å². The molecule has 0 amide bonds. The molecule has 108 valence electrons. The van der Waals surface area contributed by atoms with Crippen LogP contribution in [0.3, 0.4) is 0 Å². The third kappa shape index (κ3) is 4.18. The number of hydrogen-bond donors (Lipinski definition) is 2. The first-order chi connectivity index (χ1) is 10.2. The lowest BCUT2D eigenvalue weighted by atomic mass is 10.1. The molecule has 0 fully saturated rings. The minimum Gasteiger partial charge on any atom is -0.354 e. The second kappa shape index (κ2) is 7.25. The second-order valence-corrected chi connectivity index (χ2v) is 4.81. The SMILES string of the molecule is CCCNc1ncc(C)c(Nc2ccc(CC#N)cc2)n1. The summed E-state index contributed by atoms with van der Waals surface area (Å²) >= 11 is 0. The lowest BCUT2D eigenvalue weighted by Gasteiger charge is -2.11. The van der Waals surface area contributed by atoms with Crippen molar-refractivity contribution in [2.24, 2.45) is 0 Å². The maximum absolute atomic E-state index is 8.67. The molecule has 0 spiro atoms. The van der Waals surface area contributed by atoms with Gasteiger partial charge in [0.05, 0.1) is 12.5 Å². The van der Waals surface area contributed by atoms with Crippen LogP contribution in [0.1, 0.15) is 24.5 Å². The molecular formula is C16H19N5. The van der Waals surface area contributed by atoms with Crippen molar-refractivity contribution < 1.29 is 0 Å². The molecular weight excluding hydrogens is 262 g/mol. The van der Waals surface area contributed by atoms with Gasteiger partial charge in [0, 0.05) is 24.0 Å². The Labute approximate surface area is 125 Å². The smallest absolute Gasteiger partial charge is 0.224 e. The van der Waals surface area contributed by atoms with E-state index in [1.165, 1.54) is 0 Å². The van der Waals surface area contributed by atoms with Crippen LogP contribution < -0.4 is 10.6 Å². The van der Waals surface area contributed by atoms with Gasteiger partial charge in [-0.1, -0.05) is 19.1 Å². The zero-order chi connectivity index (χ0) is 15.1. The van der Waals surface area contributed by atoms with E-state index in [0.717, 1.165) is 35.6 Å². The van der Waals surface area contributed by atoms with Crippen molar-refractivity contribution >= 4 is 17.5 Å². The summed E-state index contributed by atoms with van der Waals surface area (Å²) in [5.41, 5.74) is 2.94. The molecule has 0 aliphatic carbocycles. The first-order valence-electron chi connectivity index (χ1n) is 7.03.